The molecule has 0 aromatic rings. The Labute approximate surface area is 85.8 Å². The van der Waals surface area contributed by atoms with Crippen LogP contribution in [0.2, 0.25) is 0 Å². The van der Waals surface area contributed by atoms with E-state index in [1.807, 2.05) is 0 Å². The third-order valence-corrected chi connectivity index (χ3v) is 3.26. The molecule has 2 rings (SSSR count). The van der Waals surface area contributed by atoms with Crippen molar-refractivity contribution in [1.82, 2.24) is 10.2 Å². The van der Waals surface area contributed by atoms with Crippen molar-refractivity contribution in [1.29, 1.82) is 0 Å². The molecule has 1 saturated carbocycles. The van der Waals surface area contributed by atoms with Crippen molar-refractivity contribution in [3.63, 3.8) is 0 Å². The normalized spacial score (nSPS) is 27.4. The van der Waals surface area contributed by atoms with Gasteiger partial charge in [-0.25, -0.2) is 0 Å². The molecule has 1 aliphatic carbocycles. The lowest BCUT2D eigenvalue weighted by atomic mass is 9.98. The molecule has 1 heterocycles. The zero-order valence-corrected chi connectivity index (χ0v) is 8.96. The topological polar surface area (TPSA) is 32.3 Å². The van der Waals surface area contributed by atoms with Gasteiger partial charge in [-0.2, -0.15) is 0 Å². The molecule has 3 heteroatoms. The number of amides is 1. The van der Waals surface area contributed by atoms with E-state index >= 15 is 0 Å². The van der Waals surface area contributed by atoms with Gasteiger partial charge < -0.3 is 10.2 Å². The number of carbonyl (C=O) groups is 1. The summed E-state index contributed by atoms with van der Waals surface area (Å²) in [6.45, 7) is 4.95. The van der Waals surface area contributed by atoms with Gasteiger partial charge in [-0.3, -0.25) is 4.79 Å². The Morgan fingerprint density at radius 1 is 1.43 bits per heavy atom. The van der Waals surface area contributed by atoms with E-state index in [0.29, 0.717) is 11.9 Å². The minimum Gasteiger partial charge on any atom is -0.340 e. The molecular formula is C11H20N2O. The zero-order chi connectivity index (χ0) is 9.97. The summed E-state index contributed by atoms with van der Waals surface area (Å²) in [5.74, 6) is 0.645. The van der Waals surface area contributed by atoms with Crippen molar-refractivity contribution >= 4 is 5.91 Å². The number of piperidine rings is 1. The summed E-state index contributed by atoms with van der Waals surface area (Å²) in [6.07, 6.45) is 4.67. The van der Waals surface area contributed by atoms with E-state index in [2.05, 4.69) is 17.1 Å². The molecule has 14 heavy (non-hydrogen) atoms. The number of rotatable bonds is 3. The van der Waals surface area contributed by atoms with Gasteiger partial charge in [-0.05, 0) is 39.2 Å². The monoisotopic (exact) mass is 196 g/mol. The molecule has 1 amide bonds. The van der Waals surface area contributed by atoms with E-state index in [0.717, 1.165) is 32.5 Å². The van der Waals surface area contributed by atoms with E-state index < -0.39 is 0 Å². The number of hydrogen-bond donors (Lipinski definition) is 1. The predicted molar refractivity (Wildman–Crippen MR) is 56.0 cm³/mol. The highest BCUT2D eigenvalue weighted by Crippen LogP contribution is 2.28. The Hall–Kier alpha value is -0.570. The van der Waals surface area contributed by atoms with E-state index in [-0.39, 0.29) is 5.92 Å². The van der Waals surface area contributed by atoms with E-state index in [9.17, 15) is 4.79 Å². The highest BCUT2D eigenvalue weighted by molar-refractivity contribution is 5.79. The molecule has 1 aliphatic heterocycles. The van der Waals surface area contributed by atoms with Crippen LogP contribution in [-0.2, 0) is 4.79 Å². The number of nitrogens with zero attached hydrogens (tertiary/aromatic N) is 1. The lowest BCUT2D eigenvalue weighted by Gasteiger charge is -2.28. The second-order valence-corrected chi connectivity index (χ2v) is 4.40. The summed E-state index contributed by atoms with van der Waals surface area (Å²) in [7, 11) is 0. The van der Waals surface area contributed by atoms with Crippen molar-refractivity contribution < 1.29 is 4.79 Å². The molecule has 80 valence electrons. The predicted octanol–water partition coefficient (Wildman–Crippen LogP) is 0.997. The third-order valence-electron chi connectivity index (χ3n) is 3.26. The quantitative estimate of drug-likeness (QED) is 0.730. The van der Waals surface area contributed by atoms with Crippen LogP contribution < -0.4 is 5.32 Å². The molecule has 1 atom stereocenters. The third kappa shape index (κ3) is 2.08. The standard InChI is InChI=1S/C11H20N2O/c1-2-13(10-5-6-10)11(14)9-4-3-7-12-8-9/h9-10,12H,2-8H2,1H3/t9-/m1/s1. The summed E-state index contributed by atoms with van der Waals surface area (Å²) in [5, 5.41) is 3.31. The van der Waals surface area contributed by atoms with E-state index in [1.165, 1.54) is 12.8 Å². The first-order valence-corrected chi connectivity index (χ1v) is 5.84. The maximum atomic E-state index is 12.1. The van der Waals surface area contributed by atoms with Gasteiger partial charge in [-0.15, -0.1) is 0 Å². The minimum absolute atomic E-state index is 0.254. The Balaban J connectivity index is 1.90. The van der Waals surface area contributed by atoms with Gasteiger partial charge >= 0.3 is 0 Å². The fraction of sp³-hybridized carbons (Fsp3) is 0.909. The Kier molecular flexibility index (Phi) is 3.06. The van der Waals surface area contributed by atoms with Gasteiger partial charge in [0, 0.05) is 19.1 Å². The van der Waals surface area contributed by atoms with Crippen LogP contribution in [0.15, 0.2) is 0 Å². The lowest BCUT2D eigenvalue weighted by molar-refractivity contribution is -0.136. The van der Waals surface area contributed by atoms with Crippen molar-refractivity contribution in [3.8, 4) is 0 Å². The van der Waals surface area contributed by atoms with Crippen LogP contribution in [0.3, 0.4) is 0 Å². The zero-order valence-electron chi connectivity index (χ0n) is 8.96. The fourth-order valence-corrected chi connectivity index (χ4v) is 2.28. The van der Waals surface area contributed by atoms with Crippen molar-refractivity contribution in [2.75, 3.05) is 19.6 Å². The molecule has 0 radical (unpaired) electrons. The van der Waals surface area contributed by atoms with Gasteiger partial charge in [0.1, 0.15) is 0 Å². The van der Waals surface area contributed by atoms with Crippen LogP contribution in [0, 0.1) is 5.92 Å². The summed E-state index contributed by atoms with van der Waals surface area (Å²) in [6, 6.07) is 0.578. The number of hydrogen-bond acceptors (Lipinski definition) is 2. The molecule has 0 unspecified atom stereocenters. The molecular weight excluding hydrogens is 176 g/mol. The summed E-state index contributed by atoms with van der Waals surface area (Å²) in [5.41, 5.74) is 0. The number of carbonyl (C=O) groups excluding carboxylic acids is 1. The Morgan fingerprint density at radius 3 is 2.71 bits per heavy atom. The van der Waals surface area contributed by atoms with Crippen LogP contribution in [0.1, 0.15) is 32.6 Å². The lowest BCUT2D eigenvalue weighted by Crippen LogP contribution is -2.43. The molecule has 0 aromatic heterocycles. The Bertz CT molecular complexity index is 207. The van der Waals surface area contributed by atoms with E-state index in [1.54, 1.807) is 0 Å². The van der Waals surface area contributed by atoms with Gasteiger partial charge in [-0.1, -0.05) is 0 Å². The summed E-state index contributed by atoms with van der Waals surface area (Å²) >= 11 is 0. The highest BCUT2D eigenvalue weighted by Gasteiger charge is 2.34. The highest BCUT2D eigenvalue weighted by atomic mass is 16.2. The van der Waals surface area contributed by atoms with Gasteiger partial charge in [0.25, 0.3) is 0 Å². The van der Waals surface area contributed by atoms with E-state index in [4.69, 9.17) is 0 Å². The van der Waals surface area contributed by atoms with Gasteiger partial charge in [0.15, 0.2) is 0 Å². The first-order valence-electron chi connectivity index (χ1n) is 5.84. The van der Waals surface area contributed by atoms with Crippen LogP contribution in [0.25, 0.3) is 0 Å². The van der Waals surface area contributed by atoms with Gasteiger partial charge in [0.05, 0.1) is 5.92 Å². The minimum atomic E-state index is 0.254. The maximum absolute atomic E-state index is 12.1. The first kappa shape index (κ1) is 9.97. The van der Waals surface area contributed by atoms with Crippen molar-refractivity contribution in [2.24, 2.45) is 5.92 Å². The smallest absolute Gasteiger partial charge is 0.227 e. The van der Waals surface area contributed by atoms with Crippen molar-refractivity contribution in [3.05, 3.63) is 0 Å². The molecule has 1 saturated heterocycles. The Morgan fingerprint density at radius 2 is 2.21 bits per heavy atom. The van der Waals surface area contributed by atoms with Crippen LogP contribution in [0.5, 0.6) is 0 Å². The van der Waals surface area contributed by atoms with Crippen LogP contribution >= 0.6 is 0 Å². The molecule has 2 aliphatic rings. The second kappa shape index (κ2) is 4.30. The molecule has 0 aromatic carbocycles. The average Bonchev–Trinajstić information content (AvgIpc) is 3.04. The molecule has 3 nitrogen and oxygen atoms in total. The SMILES string of the molecule is CCN(C(=O)[C@@H]1CCCNC1)C1CC1. The first-order chi connectivity index (χ1) is 6.83. The summed E-state index contributed by atoms with van der Waals surface area (Å²) in [4.78, 5) is 14.2. The second-order valence-electron chi connectivity index (χ2n) is 4.40. The average molecular weight is 196 g/mol. The molecule has 0 spiro atoms. The fourth-order valence-electron chi connectivity index (χ4n) is 2.28. The van der Waals surface area contributed by atoms with Crippen molar-refractivity contribution in [2.45, 2.75) is 38.6 Å². The van der Waals surface area contributed by atoms with Gasteiger partial charge in [0.2, 0.25) is 5.91 Å². The maximum Gasteiger partial charge on any atom is 0.227 e. The van der Waals surface area contributed by atoms with Crippen LogP contribution in [0.4, 0.5) is 0 Å². The van der Waals surface area contributed by atoms with Crippen LogP contribution in [-0.4, -0.2) is 36.5 Å². The molecule has 1 N–H and O–H groups in total. The number of nitrogens with one attached hydrogen (secondary N) is 1. The molecule has 2 fully saturated rings. The molecule has 0 bridgehead atoms. The largest absolute Gasteiger partial charge is 0.340 e. The summed E-state index contributed by atoms with van der Waals surface area (Å²) < 4.78 is 0.